The van der Waals surface area contributed by atoms with Crippen LogP contribution in [-0.4, -0.2) is 18.5 Å². The minimum absolute atomic E-state index is 0.104. The number of hydrogen-bond donors (Lipinski definition) is 2. The molecule has 0 saturated heterocycles. The van der Waals surface area contributed by atoms with E-state index in [0.717, 1.165) is 30.4 Å². The summed E-state index contributed by atoms with van der Waals surface area (Å²) in [5.74, 6) is -0.333. The summed E-state index contributed by atoms with van der Waals surface area (Å²) >= 11 is 0. The molecule has 4 heteroatoms. The second-order valence-corrected chi connectivity index (χ2v) is 4.86. The highest BCUT2D eigenvalue weighted by Gasteiger charge is 2.11. The number of benzene rings is 1. The summed E-state index contributed by atoms with van der Waals surface area (Å²) in [7, 11) is 0. The quantitative estimate of drug-likeness (QED) is 0.795. The molecule has 3 nitrogen and oxygen atoms in total. The molecule has 0 bridgehead atoms. The van der Waals surface area contributed by atoms with Crippen molar-refractivity contribution in [3.8, 4) is 0 Å². The number of aryl methyl sites for hydroxylation is 1. The van der Waals surface area contributed by atoms with Crippen LogP contribution in [0.15, 0.2) is 18.2 Å². The lowest BCUT2D eigenvalue weighted by Crippen LogP contribution is -2.41. The zero-order valence-electron chi connectivity index (χ0n) is 11.7. The first-order chi connectivity index (χ1) is 9.04. The fraction of sp³-hybridized carbons (Fsp3) is 0.533. The van der Waals surface area contributed by atoms with E-state index in [2.05, 4.69) is 12.2 Å². The molecule has 1 rings (SSSR count). The monoisotopic (exact) mass is 266 g/mol. The molecule has 0 aromatic heterocycles. The van der Waals surface area contributed by atoms with Crippen LogP contribution in [0, 0.1) is 12.7 Å². The predicted molar refractivity (Wildman–Crippen MR) is 75.4 cm³/mol. The average molecular weight is 266 g/mol. The summed E-state index contributed by atoms with van der Waals surface area (Å²) in [4.78, 5) is 11.7. The zero-order chi connectivity index (χ0) is 14.3. The van der Waals surface area contributed by atoms with E-state index >= 15 is 0 Å². The second-order valence-electron chi connectivity index (χ2n) is 4.86. The van der Waals surface area contributed by atoms with Crippen LogP contribution in [0.4, 0.5) is 4.39 Å². The van der Waals surface area contributed by atoms with Crippen molar-refractivity contribution in [2.24, 2.45) is 5.73 Å². The van der Waals surface area contributed by atoms with Gasteiger partial charge >= 0.3 is 0 Å². The van der Waals surface area contributed by atoms with Gasteiger partial charge in [-0.3, -0.25) is 4.79 Å². The van der Waals surface area contributed by atoms with Crippen LogP contribution in [0.25, 0.3) is 0 Å². The van der Waals surface area contributed by atoms with E-state index in [1.165, 1.54) is 12.1 Å². The number of carbonyl (C=O) groups excluding carboxylic acids is 1. The van der Waals surface area contributed by atoms with E-state index in [1.54, 1.807) is 6.07 Å². The van der Waals surface area contributed by atoms with Gasteiger partial charge in [0.1, 0.15) is 5.82 Å². The van der Waals surface area contributed by atoms with E-state index < -0.39 is 6.04 Å². The first kappa shape index (κ1) is 15.6. The lowest BCUT2D eigenvalue weighted by molar-refractivity contribution is -0.122. The standard InChI is InChI=1S/C15H23FN2O/c1-3-4-5-14(17)15(19)18-9-8-12-6-7-13(16)10-11(12)2/h6-7,10,14H,3-5,8-9,17H2,1-2H3,(H,18,19)/t14-/m0/s1. The van der Waals surface area contributed by atoms with Gasteiger partial charge in [-0.25, -0.2) is 4.39 Å². The molecule has 0 fully saturated rings. The van der Waals surface area contributed by atoms with E-state index in [4.69, 9.17) is 5.73 Å². The van der Waals surface area contributed by atoms with Gasteiger partial charge in [-0.05, 0) is 43.0 Å². The molecule has 0 saturated carbocycles. The maximum atomic E-state index is 12.9. The molecule has 0 aliphatic rings. The minimum atomic E-state index is -0.422. The van der Waals surface area contributed by atoms with Crippen molar-refractivity contribution in [3.63, 3.8) is 0 Å². The van der Waals surface area contributed by atoms with Gasteiger partial charge in [-0.2, -0.15) is 0 Å². The maximum absolute atomic E-state index is 12.9. The third-order valence-electron chi connectivity index (χ3n) is 3.20. The van der Waals surface area contributed by atoms with Crippen LogP contribution in [0.3, 0.4) is 0 Å². The lowest BCUT2D eigenvalue weighted by Gasteiger charge is -2.12. The zero-order valence-corrected chi connectivity index (χ0v) is 11.7. The molecule has 0 radical (unpaired) electrons. The first-order valence-electron chi connectivity index (χ1n) is 6.83. The molecule has 0 aliphatic heterocycles. The molecule has 3 N–H and O–H groups in total. The molecule has 1 atom stereocenters. The van der Waals surface area contributed by atoms with Crippen molar-refractivity contribution in [2.75, 3.05) is 6.54 Å². The number of rotatable bonds is 7. The Hall–Kier alpha value is -1.42. The van der Waals surface area contributed by atoms with Crippen molar-refractivity contribution >= 4 is 5.91 Å². The summed E-state index contributed by atoms with van der Waals surface area (Å²) in [6.07, 6.45) is 3.41. The van der Waals surface area contributed by atoms with Gasteiger partial charge in [-0.1, -0.05) is 25.8 Å². The van der Waals surface area contributed by atoms with Crippen LogP contribution in [0.1, 0.15) is 37.3 Å². The molecule has 0 heterocycles. The van der Waals surface area contributed by atoms with Crippen molar-refractivity contribution in [1.82, 2.24) is 5.32 Å². The van der Waals surface area contributed by atoms with Crippen molar-refractivity contribution in [2.45, 2.75) is 45.6 Å². The van der Waals surface area contributed by atoms with Crippen LogP contribution < -0.4 is 11.1 Å². The second kappa shape index (κ2) is 7.89. The summed E-state index contributed by atoms with van der Waals surface area (Å²) < 4.78 is 12.9. The van der Waals surface area contributed by atoms with E-state index in [-0.39, 0.29) is 11.7 Å². The SMILES string of the molecule is CCCC[C@H](N)C(=O)NCCc1ccc(F)cc1C. The molecule has 1 aromatic rings. The summed E-state index contributed by atoms with van der Waals surface area (Å²) in [5, 5.41) is 2.82. The minimum Gasteiger partial charge on any atom is -0.354 e. The summed E-state index contributed by atoms with van der Waals surface area (Å²) in [6.45, 7) is 4.47. The number of nitrogens with two attached hydrogens (primary N) is 1. The Morgan fingerprint density at radius 1 is 1.47 bits per heavy atom. The summed E-state index contributed by atoms with van der Waals surface area (Å²) in [6, 6.07) is 4.28. The van der Waals surface area contributed by atoms with Gasteiger partial charge in [0.05, 0.1) is 6.04 Å². The summed E-state index contributed by atoms with van der Waals surface area (Å²) in [5.41, 5.74) is 7.72. The molecule has 0 aliphatic carbocycles. The number of unbranched alkanes of at least 4 members (excludes halogenated alkanes) is 1. The third-order valence-corrected chi connectivity index (χ3v) is 3.20. The fourth-order valence-electron chi connectivity index (χ4n) is 1.95. The largest absolute Gasteiger partial charge is 0.354 e. The highest BCUT2D eigenvalue weighted by Crippen LogP contribution is 2.10. The number of hydrogen-bond acceptors (Lipinski definition) is 2. The fourth-order valence-corrected chi connectivity index (χ4v) is 1.95. The molecular formula is C15H23FN2O. The van der Waals surface area contributed by atoms with Crippen molar-refractivity contribution in [3.05, 3.63) is 35.1 Å². The number of carbonyl (C=O) groups is 1. The molecule has 0 spiro atoms. The van der Waals surface area contributed by atoms with Gasteiger partial charge in [0.15, 0.2) is 0 Å². The molecule has 19 heavy (non-hydrogen) atoms. The number of halogens is 1. The van der Waals surface area contributed by atoms with E-state index in [1.807, 2.05) is 6.92 Å². The first-order valence-corrected chi connectivity index (χ1v) is 6.83. The average Bonchev–Trinajstić information content (AvgIpc) is 2.38. The Morgan fingerprint density at radius 2 is 2.21 bits per heavy atom. The van der Waals surface area contributed by atoms with Crippen LogP contribution >= 0.6 is 0 Å². The van der Waals surface area contributed by atoms with Crippen molar-refractivity contribution in [1.29, 1.82) is 0 Å². The third kappa shape index (κ3) is 5.39. The van der Waals surface area contributed by atoms with Crippen molar-refractivity contribution < 1.29 is 9.18 Å². The normalized spacial score (nSPS) is 12.2. The molecule has 1 aromatic carbocycles. The highest BCUT2D eigenvalue weighted by atomic mass is 19.1. The Labute approximate surface area is 114 Å². The van der Waals surface area contributed by atoms with Gasteiger partial charge < -0.3 is 11.1 Å². The maximum Gasteiger partial charge on any atom is 0.236 e. The topological polar surface area (TPSA) is 55.1 Å². The van der Waals surface area contributed by atoms with E-state index in [0.29, 0.717) is 13.0 Å². The predicted octanol–water partition coefficient (Wildman–Crippen LogP) is 2.31. The molecular weight excluding hydrogens is 243 g/mol. The van der Waals surface area contributed by atoms with Crippen LogP contribution in [-0.2, 0) is 11.2 Å². The smallest absolute Gasteiger partial charge is 0.236 e. The van der Waals surface area contributed by atoms with E-state index in [9.17, 15) is 9.18 Å². The number of nitrogens with one attached hydrogen (secondary N) is 1. The molecule has 0 unspecified atom stereocenters. The Balaban J connectivity index is 2.35. The van der Waals surface area contributed by atoms with Gasteiger partial charge in [-0.15, -0.1) is 0 Å². The number of amides is 1. The van der Waals surface area contributed by atoms with Crippen LogP contribution in [0.2, 0.25) is 0 Å². The van der Waals surface area contributed by atoms with Gasteiger partial charge in [0, 0.05) is 6.54 Å². The lowest BCUT2D eigenvalue weighted by atomic mass is 10.1. The highest BCUT2D eigenvalue weighted by molar-refractivity contribution is 5.81. The Bertz CT molecular complexity index is 421. The Morgan fingerprint density at radius 3 is 2.84 bits per heavy atom. The van der Waals surface area contributed by atoms with Gasteiger partial charge in [0.2, 0.25) is 5.91 Å². The van der Waals surface area contributed by atoms with Gasteiger partial charge in [0.25, 0.3) is 0 Å². The Kier molecular flexibility index (Phi) is 6.50. The van der Waals surface area contributed by atoms with Crippen LogP contribution in [0.5, 0.6) is 0 Å². The molecule has 106 valence electrons. The molecule has 1 amide bonds.